The molecule has 94 valence electrons. The van der Waals surface area contributed by atoms with Crippen LogP contribution in [0.2, 0.25) is 9.49 Å². The van der Waals surface area contributed by atoms with Gasteiger partial charge in [-0.25, -0.2) is 4.98 Å². The molecule has 0 spiro atoms. The minimum Gasteiger partial charge on any atom is -0.225 e. The van der Waals surface area contributed by atoms with Gasteiger partial charge in [0, 0.05) is 16.0 Å². The maximum atomic E-state index is 5.72. The largest absolute Gasteiger partial charge is 0.225 e. The van der Waals surface area contributed by atoms with Crippen LogP contribution in [0.15, 0.2) is 53.9 Å². The van der Waals surface area contributed by atoms with Gasteiger partial charge in [0.1, 0.15) is 0 Å². The second-order valence-electron chi connectivity index (χ2n) is 4.08. The summed E-state index contributed by atoms with van der Waals surface area (Å²) in [6, 6.07) is 16.0. The third-order valence-electron chi connectivity index (χ3n) is 2.69. The molecule has 0 aliphatic heterocycles. The molecule has 2 aromatic rings. The summed E-state index contributed by atoms with van der Waals surface area (Å²) in [7, 11) is 0. The average molecular weight is 306 g/mol. The average Bonchev–Trinajstić information content (AvgIpc) is 2.85. The van der Waals surface area contributed by atoms with Crippen molar-refractivity contribution in [3.63, 3.8) is 0 Å². The summed E-state index contributed by atoms with van der Waals surface area (Å²) in [4.78, 5) is 4.16. The van der Waals surface area contributed by atoms with Crippen LogP contribution in [0.1, 0.15) is 0 Å². The van der Waals surface area contributed by atoms with Crippen LogP contribution >= 0.6 is 34.5 Å². The number of thiazole rings is 1. The third-order valence-corrected chi connectivity index (χ3v) is 3.89. The first-order valence-electron chi connectivity index (χ1n) is 5.70. The molecular weight excluding hydrogens is 297 g/mol. The zero-order valence-corrected chi connectivity index (χ0v) is 12.1. The Morgan fingerprint density at radius 3 is 2.00 bits per heavy atom. The van der Waals surface area contributed by atoms with Crippen LogP contribution in [0.5, 0.6) is 0 Å². The number of nitrogens with zero attached hydrogens (tertiary/aromatic N) is 1. The normalized spacial score (nSPS) is 10.6. The van der Waals surface area contributed by atoms with Crippen LogP contribution in [0.4, 0.5) is 0 Å². The van der Waals surface area contributed by atoms with Crippen molar-refractivity contribution in [1.29, 1.82) is 0 Å². The molecule has 1 aromatic heterocycles. The van der Waals surface area contributed by atoms with Crippen molar-refractivity contribution >= 4 is 34.5 Å². The molecule has 1 nitrogen and oxygen atoms in total. The monoisotopic (exact) mass is 305 g/mol. The van der Waals surface area contributed by atoms with Crippen molar-refractivity contribution < 1.29 is 0 Å². The molecule has 0 bridgehead atoms. The zero-order valence-electron chi connectivity index (χ0n) is 9.81. The molecule has 0 saturated carbocycles. The van der Waals surface area contributed by atoms with Gasteiger partial charge in [-0.2, -0.15) is 0 Å². The Labute approximate surface area is 125 Å². The SMILES string of the molecule is Clc1cc2cc-2c1.Clc1nc(-c2ccccc2)cs1. The quantitative estimate of drug-likeness (QED) is 0.434. The van der Waals surface area contributed by atoms with E-state index in [9.17, 15) is 0 Å². The van der Waals surface area contributed by atoms with Crippen molar-refractivity contribution in [1.82, 2.24) is 4.98 Å². The maximum absolute atomic E-state index is 5.72. The summed E-state index contributed by atoms with van der Waals surface area (Å²) in [5, 5.41) is 2.82. The molecule has 1 aromatic carbocycles. The number of aromatic nitrogens is 1. The molecule has 4 rings (SSSR count). The second-order valence-corrected chi connectivity index (χ2v) is 5.96. The Morgan fingerprint density at radius 2 is 1.53 bits per heavy atom. The van der Waals surface area contributed by atoms with Gasteiger partial charge in [0.2, 0.25) is 0 Å². The summed E-state index contributed by atoms with van der Waals surface area (Å²) in [5.74, 6) is 0. The van der Waals surface area contributed by atoms with Gasteiger partial charge in [0.05, 0.1) is 5.69 Å². The van der Waals surface area contributed by atoms with E-state index in [0.29, 0.717) is 4.47 Å². The molecule has 0 saturated heterocycles. The lowest BCUT2D eigenvalue weighted by molar-refractivity contribution is 1.41. The topological polar surface area (TPSA) is 12.9 Å². The fourth-order valence-electron chi connectivity index (χ4n) is 1.71. The van der Waals surface area contributed by atoms with Crippen LogP contribution in [0.25, 0.3) is 22.4 Å². The number of rotatable bonds is 1. The fraction of sp³-hybridized carbons (Fsp3) is 0. The first-order valence-corrected chi connectivity index (χ1v) is 7.33. The number of fused-ring (bicyclic) bond motifs is 1. The Balaban J connectivity index is 0.000000132. The predicted octanol–water partition coefficient (Wildman–Crippen LogP) is 5.78. The molecule has 0 radical (unpaired) electrons. The molecule has 0 N–H and O–H groups in total. The van der Waals surface area contributed by atoms with Gasteiger partial charge in [-0.3, -0.25) is 0 Å². The highest BCUT2D eigenvalue weighted by atomic mass is 35.5. The number of hydrogen-bond acceptors (Lipinski definition) is 2. The van der Waals surface area contributed by atoms with Crippen LogP contribution in [0.3, 0.4) is 0 Å². The molecule has 1 heterocycles. The standard InChI is InChI=1S/C9H6ClNS.C6H3Cl/c10-9-11-8(6-12-9)7-4-2-1-3-5-7;7-6-2-4-1-5(4)3-6/h1-6H;1-3H. The predicted molar refractivity (Wildman–Crippen MR) is 83.0 cm³/mol. The molecule has 0 fully saturated rings. The van der Waals surface area contributed by atoms with E-state index in [1.807, 2.05) is 47.8 Å². The van der Waals surface area contributed by atoms with Crippen molar-refractivity contribution in [2.24, 2.45) is 0 Å². The first kappa shape index (κ1) is 12.7. The number of benzene rings is 2. The van der Waals surface area contributed by atoms with Crippen LogP contribution in [0, 0.1) is 0 Å². The number of halogens is 2. The van der Waals surface area contributed by atoms with E-state index in [0.717, 1.165) is 16.3 Å². The molecular formula is C15H9Cl2NS. The van der Waals surface area contributed by atoms with E-state index in [1.54, 1.807) is 0 Å². The summed E-state index contributed by atoms with van der Waals surface area (Å²) < 4.78 is 0.592. The molecule has 0 atom stereocenters. The zero-order chi connectivity index (χ0) is 13.2. The molecule has 0 amide bonds. The highest BCUT2D eigenvalue weighted by Crippen LogP contribution is 2.37. The van der Waals surface area contributed by atoms with Gasteiger partial charge in [0.15, 0.2) is 4.47 Å². The smallest absolute Gasteiger partial charge is 0.184 e. The summed E-state index contributed by atoms with van der Waals surface area (Å²) in [5.41, 5.74) is 4.68. The van der Waals surface area contributed by atoms with Gasteiger partial charge >= 0.3 is 0 Å². The van der Waals surface area contributed by atoms with Crippen LogP contribution < -0.4 is 0 Å². The minimum atomic E-state index is 0.592. The Hall–Kier alpha value is -1.35. The third kappa shape index (κ3) is 3.16. The van der Waals surface area contributed by atoms with E-state index < -0.39 is 0 Å². The van der Waals surface area contributed by atoms with E-state index in [4.69, 9.17) is 23.2 Å². The molecule has 2 aliphatic rings. The molecule has 4 heteroatoms. The lowest BCUT2D eigenvalue weighted by Crippen LogP contribution is -1.74. The van der Waals surface area contributed by atoms with Gasteiger partial charge < -0.3 is 0 Å². The van der Waals surface area contributed by atoms with Gasteiger partial charge in [-0.15, -0.1) is 11.3 Å². The summed E-state index contributed by atoms with van der Waals surface area (Å²) >= 11 is 12.8. The molecule has 19 heavy (non-hydrogen) atoms. The van der Waals surface area contributed by atoms with Gasteiger partial charge in [-0.1, -0.05) is 53.5 Å². The first-order chi connectivity index (χ1) is 9.22. The van der Waals surface area contributed by atoms with Gasteiger partial charge in [0.25, 0.3) is 0 Å². The second kappa shape index (κ2) is 5.33. The van der Waals surface area contributed by atoms with Gasteiger partial charge in [-0.05, 0) is 29.3 Å². The van der Waals surface area contributed by atoms with E-state index in [2.05, 4.69) is 11.1 Å². The Kier molecular flexibility index (Phi) is 3.56. The highest BCUT2D eigenvalue weighted by molar-refractivity contribution is 7.14. The fourth-order valence-corrected chi connectivity index (χ4v) is 2.72. The van der Waals surface area contributed by atoms with Crippen molar-refractivity contribution in [2.75, 3.05) is 0 Å². The number of hydrogen-bond donors (Lipinski definition) is 0. The molecule has 2 aliphatic carbocycles. The lowest BCUT2D eigenvalue weighted by atomic mass is 10.2. The Bertz CT molecular complexity index is 687. The van der Waals surface area contributed by atoms with E-state index in [1.165, 1.54) is 22.5 Å². The van der Waals surface area contributed by atoms with Crippen LogP contribution in [-0.4, -0.2) is 4.98 Å². The van der Waals surface area contributed by atoms with Crippen LogP contribution in [-0.2, 0) is 0 Å². The summed E-state index contributed by atoms with van der Waals surface area (Å²) in [6.45, 7) is 0. The lowest BCUT2D eigenvalue weighted by Gasteiger charge is -1.92. The maximum Gasteiger partial charge on any atom is 0.184 e. The Morgan fingerprint density at radius 1 is 0.842 bits per heavy atom. The highest BCUT2D eigenvalue weighted by Gasteiger charge is 2.11. The van der Waals surface area contributed by atoms with Crippen molar-refractivity contribution in [3.8, 4) is 22.4 Å². The van der Waals surface area contributed by atoms with E-state index in [-0.39, 0.29) is 0 Å². The van der Waals surface area contributed by atoms with Crippen molar-refractivity contribution in [3.05, 3.63) is 63.4 Å². The summed E-state index contributed by atoms with van der Waals surface area (Å²) in [6.07, 6.45) is 0. The minimum absolute atomic E-state index is 0.592. The van der Waals surface area contributed by atoms with E-state index >= 15 is 0 Å². The van der Waals surface area contributed by atoms with Crippen molar-refractivity contribution in [2.45, 2.75) is 0 Å². The molecule has 0 unspecified atom stereocenters.